The lowest BCUT2D eigenvalue weighted by molar-refractivity contribution is 0.133. The zero-order valence-electron chi connectivity index (χ0n) is 11.1. The van der Waals surface area contributed by atoms with Gasteiger partial charge in [-0.2, -0.15) is 0 Å². The Morgan fingerprint density at radius 2 is 2.22 bits per heavy atom. The first-order chi connectivity index (χ1) is 8.76. The summed E-state index contributed by atoms with van der Waals surface area (Å²) in [6.07, 6.45) is 5.39. The van der Waals surface area contributed by atoms with Crippen LogP contribution in [-0.4, -0.2) is 24.5 Å². The van der Waals surface area contributed by atoms with Crippen molar-refractivity contribution < 1.29 is 0 Å². The smallest absolute Gasteiger partial charge is 0.0575 e. The number of rotatable bonds is 5. The second-order valence-corrected chi connectivity index (χ2v) is 6.95. The Bertz CT molecular complexity index is 358. The third kappa shape index (κ3) is 3.35. The maximum absolute atomic E-state index is 6.00. The standard InChI is InChI=1S/C14H23BrN2S/c1-2-3-11-4-7-17(8-5-11)13(10-16)14-12(15)6-9-18-14/h6,9,11,13H,2-5,7-8,10,16H2,1H3. The Hall–Kier alpha value is 0.100. The van der Waals surface area contributed by atoms with E-state index in [2.05, 4.69) is 39.2 Å². The van der Waals surface area contributed by atoms with Crippen LogP contribution in [0.1, 0.15) is 43.5 Å². The molecule has 1 aromatic rings. The summed E-state index contributed by atoms with van der Waals surface area (Å²) in [5.41, 5.74) is 6.00. The van der Waals surface area contributed by atoms with Crippen molar-refractivity contribution in [1.82, 2.24) is 4.90 Å². The van der Waals surface area contributed by atoms with Gasteiger partial charge in [0, 0.05) is 15.9 Å². The molecule has 2 rings (SSSR count). The average molecular weight is 331 g/mol. The van der Waals surface area contributed by atoms with E-state index in [0.717, 1.165) is 12.5 Å². The van der Waals surface area contributed by atoms with Gasteiger partial charge in [-0.05, 0) is 59.2 Å². The fourth-order valence-corrected chi connectivity index (χ4v) is 4.71. The normalized spacial score (nSPS) is 20.2. The molecule has 0 aliphatic carbocycles. The SMILES string of the molecule is CCCC1CCN(C(CN)c2sccc2Br)CC1. The lowest BCUT2D eigenvalue weighted by Crippen LogP contribution is -2.39. The topological polar surface area (TPSA) is 29.3 Å². The molecule has 1 atom stereocenters. The number of piperidine rings is 1. The van der Waals surface area contributed by atoms with Crippen LogP contribution in [0.3, 0.4) is 0 Å². The van der Waals surface area contributed by atoms with Crippen molar-refractivity contribution in [3.8, 4) is 0 Å². The Morgan fingerprint density at radius 3 is 2.72 bits per heavy atom. The predicted octanol–water partition coefficient (Wildman–Crippen LogP) is 4.02. The summed E-state index contributed by atoms with van der Waals surface area (Å²) in [4.78, 5) is 3.97. The van der Waals surface area contributed by atoms with Gasteiger partial charge in [0.05, 0.1) is 6.04 Å². The monoisotopic (exact) mass is 330 g/mol. The van der Waals surface area contributed by atoms with E-state index in [4.69, 9.17) is 5.73 Å². The van der Waals surface area contributed by atoms with Gasteiger partial charge in [-0.1, -0.05) is 19.8 Å². The summed E-state index contributed by atoms with van der Waals surface area (Å²) in [7, 11) is 0. The maximum atomic E-state index is 6.00. The van der Waals surface area contributed by atoms with Gasteiger partial charge in [-0.25, -0.2) is 0 Å². The summed E-state index contributed by atoms with van der Waals surface area (Å²) >= 11 is 5.46. The molecule has 2 heterocycles. The van der Waals surface area contributed by atoms with Crippen LogP contribution in [0.5, 0.6) is 0 Å². The molecule has 1 fully saturated rings. The highest BCUT2D eigenvalue weighted by Gasteiger charge is 2.26. The Labute approximate surface area is 123 Å². The number of thiophene rings is 1. The van der Waals surface area contributed by atoms with Crippen LogP contribution in [0.4, 0.5) is 0 Å². The molecule has 1 aliphatic rings. The van der Waals surface area contributed by atoms with Crippen LogP contribution in [-0.2, 0) is 0 Å². The van der Waals surface area contributed by atoms with E-state index < -0.39 is 0 Å². The summed E-state index contributed by atoms with van der Waals surface area (Å²) in [6, 6.07) is 2.54. The van der Waals surface area contributed by atoms with Crippen molar-refractivity contribution in [2.75, 3.05) is 19.6 Å². The molecule has 4 heteroatoms. The first-order valence-corrected chi connectivity index (χ1v) is 8.60. The summed E-state index contributed by atoms with van der Waals surface area (Å²) in [6.45, 7) is 5.42. The fourth-order valence-electron chi connectivity index (χ4n) is 2.93. The highest BCUT2D eigenvalue weighted by Crippen LogP contribution is 2.34. The molecule has 0 saturated carbocycles. The molecule has 102 valence electrons. The van der Waals surface area contributed by atoms with E-state index in [1.165, 1.54) is 48.1 Å². The minimum absolute atomic E-state index is 0.405. The third-order valence-corrected chi connectivity index (χ3v) is 5.93. The zero-order chi connectivity index (χ0) is 13.0. The number of nitrogens with two attached hydrogens (primary N) is 1. The minimum Gasteiger partial charge on any atom is -0.329 e. The Morgan fingerprint density at radius 1 is 1.50 bits per heavy atom. The second kappa shape index (κ2) is 7.04. The van der Waals surface area contributed by atoms with Crippen molar-refractivity contribution in [3.63, 3.8) is 0 Å². The number of halogens is 1. The van der Waals surface area contributed by atoms with Crippen molar-refractivity contribution in [2.24, 2.45) is 11.7 Å². The molecule has 0 radical (unpaired) electrons. The lowest BCUT2D eigenvalue weighted by Gasteiger charge is -2.37. The van der Waals surface area contributed by atoms with Gasteiger partial charge >= 0.3 is 0 Å². The van der Waals surface area contributed by atoms with Crippen LogP contribution in [0.25, 0.3) is 0 Å². The van der Waals surface area contributed by atoms with Gasteiger partial charge in [-0.3, -0.25) is 4.90 Å². The summed E-state index contributed by atoms with van der Waals surface area (Å²) in [5.74, 6) is 0.941. The molecule has 2 nitrogen and oxygen atoms in total. The quantitative estimate of drug-likeness (QED) is 0.883. The molecule has 1 unspecified atom stereocenters. The molecule has 0 spiro atoms. The third-order valence-electron chi connectivity index (χ3n) is 3.96. The van der Waals surface area contributed by atoms with Gasteiger partial charge < -0.3 is 5.73 Å². The average Bonchev–Trinajstić information content (AvgIpc) is 2.79. The largest absolute Gasteiger partial charge is 0.329 e. The van der Waals surface area contributed by atoms with Crippen molar-refractivity contribution in [1.29, 1.82) is 0 Å². The van der Waals surface area contributed by atoms with E-state index in [1.54, 1.807) is 0 Å². The molecule has 1 saturated heterocycles. The van der Waals surface area contributed by atoms with Crippen LogP contribution in [0, 0.1) is 5.92 Å². The molecular formula is C14H23BrN2S. The van der Waals surface area contributed by atoms with Gasteiger partial charge in [0.25, 0.3) is 0 Å². The molecule has 0 bridgehead atoms. The molecule has 2 N–H and O–H groups in total. The van der Waals surface area contributed by atoms with E-state index in [0.29, 0.717) is 6.04 Å². The molecule has 1 aliphatic heterocycles. The van der Waals surface area contributed by atoms with Crippen molar-refractivity contribution in [3.05, 3.63) is 20.8 Å². The molecular weight excluding hydrogens is 308 g/mol. The first-order valence-electron chi connectivity index (χ1n) is 6.93. The van der Waals surface area contributed by atoms with E-state index in [1.807, 2.05) is 11.3 Å². The fraction of sp³-hybridized carbons (Fsp3) is 0.714. The summed E-state index contributed by atoms with van der Waals surface area (Å²) < 4.78 is 1.22. The number of hydrogen-bond donors (Lipinski definition) is 1. The van der Waals surface area contributed by atoms with E-state index in [-0.39, 0.29) is 0 Å². The Kier molecular flexibility index (Phi) is 5.67. The Balaban J connectivity index is 1.97. The number of hydrogen-bond acceptors (Lipinski definition) is 3. The van der Waals surface area contributed by atoms with Crippen LogP contribution in [0.2, 0.25) is 0 Å². The van der Waals surface area contributed by atoms with Gasteiger partial charge in [-0.15, -0.1) is 11.3 Å². The minimum atomic E-state index is 0.405. The van der Waals surface area contributed by atoms with E-state index in [9.17, 15) is 0 Å². The predicted molar refractivity (Wildman–Crippen MR) is 83.0 cm³/mol. The second-order valence-electron chi connectivity index (χ2n) is 5.15. The number of nitrogens with zero attached hydrogens (tertiary/aromatic N) is 1. The van der Waals surface area contributed by atoms with E-state index >= 15 is 0 Å². The van der Waals surface area contributed by atoms with Gasteiger partial charge in [0.2, 0.25) is 0 Å². The summed E-state index contributed by atoms with van der Waals surface area (Å²) in [5, 5.41) is 2.14. The molecule has 0 amide bonds. The zero-order valence-corrected chi connectivity index (χ0v) is 13.5. The number of likely N-dealkylation sites (tertiary alicyclic amines) is 1. The highest BCUT2D eigenvalue weighted by atomic mass is 79.9. The van der Waals surface area contributed by atoms with Crippen LogP contribution < -0.4 is 5.73 Å². The first kappa shape index (κ1) is 14.5. The van der Waals surface area contributed by atoms with Crippen molar-refractivity contribution >= 4 is 27.3 Å². The van der Waals surface area contributed by atoms with Crippen molar-refractivity contribution in [2.45, 2.75) is 38.6 Å². The van der Waals surface area contributed by atoms with Gasteiger partial charge in [0.15, 0.2) is 0 Å². The van der Waals surface area contributed by atoms with Crippen LogP contribution >= 0.6 is 27.3 Å². The van der Waals surface area contributed by atoms with Gasteiger partial charge in [0.1, 0.15) is 0 Å². The lowest BCUT2D eigenvalue weighted by atomic mass is 9.91. The maximum Gasteiger partial charge on any atom is 0.0575 e. The van der Waals surface area contributed by atoms with Crippen LogP contribution in [0.15, 0.2) is 15.9 Å². The highest BCUT2D eigenvalue weighted by molar-refractivity contribution is 9.10. The molecule has 0 aromatic carbocycles. The molecule has 18 heavy (non-hydrogen) atoms. The molecule has 1 aromatic heterocycles.